The number of carboxylic acid groups (broad SMARTS) is 1. The first kappa shape index (κ1) is 14.0. The molecule has 2 nitrogen and oxygen atoms in total. The van der Waals surface area contributed by atoms with Crippen LogP contribution in [-0.2, 0) is 4.79 Å². The Hall–Kier alpha value is -1.09. The zero-order valence-corrected chi connectivity index (χ0v) is 11.9. The van der Waals surface area contributed by atoms with Crippen LogP contribution in [0.15, 0.2) is 30.3 Å². The standard InChI is InChI=1S/C14H22O2Si/c1-4-17(5-2,6-3)13(14(15)16)12-10-8-7-9-11-12/h7-11,13H,4-6H2,1-3H3,(H,15,16). The Bertz CT molecular complexity index is 349. The van der Waals surface area contributed by atoms with Gasteiger partial charge in [-0.15, -0.1) is 0 Å². The van der Waals surface area contributed by atoms with Gasteiger partial charge in [-0.25, -0.2) is 0 Å². The minimum atomic E-state index is -1.75. The highest BCUT2D eigenvalue weighted by Gasteiger charge is 2.41. The number of hydrogen-bond donors (Lipinski definition) is 1. The maximum absolute atomic E-state index is 11.7. The average Bonchev–Trinajstić information content (AvgIpc) is 2.36. The van der Waals surface area contributed by atoms with E-state index in [-0.39, 0.29) is 5.54 Å². The maximum atomic E-state index is 11.7. The third-order valence-electron chi connectivity index (χ3n) is 4.10. The molecule has 0 heterocycles. The molecule has 0 aliphatic heterocycles. The molecule has 0 radical (unpaired) electrons. The molecule has 94 valence electrons. The van der Waals surface area contributed by atoms with Crippen LogP contribution in [0.2, 0.25) is 18.1 Å². The highest BCUT2D eigenvalue weighted by Crippen LogP contribution is 2.36. The van der Waals surface area contributed by atoms with Crippen molar-refractivity contribution in [2.75, 3.05) is 0 Å². The van der Waals surface area contributed by atoms with Crippen molar-refractivity contribution in [1.29, 1.82) is 0 Å². The predicted molar refractivity (Wildman–Crippen MR) is 74.0 cm³/mol. The van der Waals surface area contributed by atoms with Crippen molar-refractivity contribution in [1.82, 2.24) is 0 Å². The van der Waals surface area contributed by atoms with E-state index in [0.29, 0.717) is 0 Å². The van der Waals surface area contributed by atoms with Crippen LogP contribution >= 0.6 is 0 Å². The summed E-state index contributed by atoms with van der Waals surface area (Å²) < 4.78 is 0. The topological polar surface area (TPSA) is 37.3 Å². The van der Waals surface area contributed by atoms with Gasteiger partial charge in [-0.05, 0) is 5.56 Å². The Kier molecular flexibility index (Phi) is 4.94. The van der Waals surface area contributed by atoms with Crippen molar-refractivity contribution in [3.8, 4) is 0 Å². The Balaban J connectivity index is 3.21. The van der Waals surface area contributed by atoms with E-state index in [1.54, 1.807) is 0 Å². The lowest BCUT2D eigenvalue weighted by molar-refractivity contribution is -0.137. The lowest BCUT2D eigenvalue weighted by Crippen LogP contribution is -2.43. The summed E-state index contributed by atoms with van der Waals surface area (Å²) in [7, 11) is -1.75. The molecule has 0 aromatic heterocycles. The van der Waals surface area contributed by atoms with Gasteiger partial charge in [0.1, 0.15) is 0 Å². The minimum absolute atomic E-state index is 0.260. The summed E-state index contributed by atoms with van der Waals surface area (Å²) in [6.07, 6.45) is 0. The number of aliphatic carboxylic acids is 1. The van der Waals surface area contributed by atoms with Crippen molar-refractivity contribution in [2.24, 2.45) is 0 Å². The Morgan fingerprint density at radius 2 is 1.59 bits per heavy atom. The predicted octanol–water partition coefficient (Wildman–Crippen LogP) is 3.90. The molecule has 0 fully saturated rings. The molecule has 0 saturated heterocycles. The van der Waals surface area contributed by atoms with E-state index in [4.69, 9.17) is 0 Å². The van der Waals surface area contributed by atoms with E-state index in [9.17, 15) is 9.90 Å². The van der Waals surface area contributed by atoms with Crippen LogP contribution in [0.25, 0.3) is 0 Å². The van der Waals surface area contributed by atoms with Crippen LogP contribution in [0.4, 0.5) is 0 Å². The van der Waals surface area contributed by atoms with Crippen molar-refractivity contribution in [3.63, 3.8) is 0 Å². The van der Waals surface area contributed by atoms with Gasteiger partial charge >= 0.3 is 5.97 Å². The fourth-order valence-corrected chi connectivity index (χ4v) is 6.91. The number of carbonyl (C=O) groups is 1. The molecular formula is C14H22O2Si. The minimum Gasteiger partial charge on any atom is -0.481 e. The summed E-state index contributed by atoms with van der Waals surface area (Å²) in [5, 5.41) is 9.59. The molecule has 0 amide bonds. The Labute approximate surface area is 105 Å². The molecule has 1 aromatic carbocycles. The molecule has 0 bridgehead atoms. The Morgan fingerprint density at radius 3 is 1.94 bits per heavy atom. The third kappa shape index (κ3) is 2.78. The SMILES string of the molecule is CC[Si](CC)(CC)C(C(=O)O)c1ccccc1. The lowest BCUT2D eigenvalue weighted by Gasteiger charge is -2.34. The highest BCUT2D eigenvalue weighted by atomic mass is 28.3. The van der Waals surface area contributed by atoms with Crippen molar-refractivity contribution < 1.29 is 9.90 Å². The van der Waals surface area contributed by atoms with Gasteiger partial charge in [0, 0.05) is 0 Å². The van der Waals surface area contributed by atoms with Crippen LogP contribution < -0.4 is 0 Å². The molecule has 0 spiro atoms. The summed E-state index contributed by atoms with van der Waals surface area (Å²) in [4.78, 5) is 11.7. The highest BCUT2D eigenvalue weighted by molar-refractivity contribution is 6.83. The van der Waals surface area contributed by atoms with Gasteiger partial charge in [-0.1, -0.05) is 69.2 Å². The van der Waals surface area contributed by atoms with E-state index in [2.05, 4.69) is 20.8 Å². The number of carboxylic acids is 1. The van der Waals surface area contributed by atoms with Crippen molar-refractivity contribution in [3.05, 3.63) is 35.9 Å². The summed E-state index contributed by atoms with van der Waals surface area (Å²) >= 11 is 0. The van der Waals surface area contributed by atoms with Crippen LogP contribution in [0.5, 0.6) is 0 Å². The fraction of sp³-hybridized carbons (Fsp3) is 0.500. The number of hydrogen-bond acceptors (Lipinski definition) is 1. The van der Waals surface area contributed by atoms with Crippen LogP contribution in [0.1, 0.15) is 31.9 Å². The monoisotopic (exact) mass is 250 g/mol. The van der Waals surface area contributed by atoms with E-state index in [1.165, 1.54) is 0 Å². The van der Waals surface area contributed by atoms with Gasteiger partial charge in [0.2, 0.25) is 0 Å². The number of rotatable bonds is 6. The summed E-state index contributed by atoms with van der Waals surface area (Å²) in [6, 6.07) is 12.8. The molecular weight excluding hydrogens is 228 g/mol. The summed E-state index contributed by atoms with van der Waals surface area (Å²) in [6.45, 7) is 6.45. The van der Waals surface area contributed by atoms with Gasteiger partial charge in [-0.3, -0.25) is 4.79 Å². The molecule has 1 N–H and O–H groups in total. The molecule has 3 heteroatoms. The third-order valence-corrected chi connectivity index (χ3v) is 10.1. The van der Waals surface area contributed by atoms with Crippen molar-refractivity contribution >= 4 is 14.0 Å². The zero-order chi connectivity index (χ0) is 12.9. The quantitative estimate of drug-likeness (QED) is 0.777. The second kappa shape index (κ2) is 6.01. The lowest BCUT2D eigenvalue weighted by atomic mass is 10.1. The van der Waals surface area contributed by atoms with Gasteiger partial charge in [0.05, 0.1) is 13.6 Å². The van der Waals surface area contributed by atoms with Crippen LogP contribution in [-0.4, -0.2) is 19.1 Å². The maximum Gasteiger partial charge on any atom is 0.308 e. The first-order valence-corrected chi connectivity index (χ1v) is 9.09. The number of benzene rings is 1. The van der Waals surface area contributed by atoms with E-state index in [0.717, 1.165) is 23.7 Å². The summed E-state index contributed by atoms with van der Waals surface area (Å²) in [5.74, 6) is -0.645. The van der Waals surface area contributed by atoms with E-state index in [1.807, 2.05) is 30.3 Å². The molecule has 1 unspecified atom stereocenters. The van der Waals surface area contributed by atoms with E-state index < -0.39 is 14.0 Å². The van der Waals surface area contributed by atoms with Crippen molar-refractivity contribution in [2.45, 2.75) is 44.4 Å². The van der Waals surface area contributed by atoms with Gasteiger partial charge < -0.3 is 5.11 Å². The normalized spacial score (nSPS) is 13.4. The molecule has 1 atom stereocenters. The first-order valence-electron chi connectivity index (χ1n) is 6.39. The molecule has 1 aromatic rings. The fourth-order valence-electron chi connectivity index (χ4n) is 2.77. The van der Waals surface area contributed by atoms with Crippen LogP contribution in [0, 0.1) is 0 Å². The average molecular weight is 250 g/mol. The largest absolute Gasteiger partial charge is 0.481 e. The smallest absolute Gasteiger partial charge is 0.308 e. The first-order chi connectivity index (χ1) is 8.11. The Morgan fingerprint density at radius 1 is 1.12 bits per heavy atom. The van der Waals surface area contributed by atoms with Gasteiger partial charge in [0.15, 0.2) is 0 Å². The second-order valence-corrected chi connectivity index (χ2v) is 10.0. The zero-order valence-electron chi connectivity index (χ0n) is 10.9. The molecule has 17 heavy (non-hydrogen) atoms. The van der Waals surface area contributed by atoms with E-state index >= 15 is 0 Å². The second-order valence-electron chi connectivity index (χ2n) is 4.60. The molecule has 1 rings (SSSR count). The van der Waals surface area contributed by atoms with Gasteiger partial charge in [0.25, 0.3) is 0 Å². The summed E-state index contributed by atoms with van der Waals surface area (Å²) in [5.41, 5.74) is 0.723. The molecule has 0 saturated carbocycles. The van der Waals surface area contributed by atoms with Gasteiger partial charge in [-0.2, -0.15) is 0 Å². The van der Waals surface area contributed by atoms with Crippen LogP contribution in [0.3, 0.4) is 0 Å². The molecule has 0 aliphatic carbocycles. The molecule has 0 aliphatic rings.